The van der Waals surface area contributed by atoms with Crippen molar-refractivity contribution in [3.05, 3.63) is 23.0 Å². The van der Waals surface area contributed by atoms with Crippen molar-refractivity contribution in [2.75, 3.05) is 0 Å². The van der Waals surface area contributed by atoms with Crippen LogP contribution in [-0.2, 0) is 15.2 Å². The molecule has 8 heteroatoms. The quantitative estimate of drug-likeness (QED) is 0.739. The minimum absolute atomic E-state index is 0.0742. The lowest BCUT2D eigenvalue weighted by Crippen LogP contribution is -2.12. The number of hydrogen-bond donors (Lipinski definition) is 0. The van der Waals surface area contributed by atoms with E-state index in [-0.39, 0.29) is 16.2 Å². The topological polar surface area (TPSA) is 47.0 Å². The van der Waals surface area contributed by atoms with E-state index in [1.165, 1.54) is 6.92 Å². The SMILES string of the molecule is Cc1cc(C(F)(F)F)nc(C)c1S(=O)(=O)Cl. The van der Waals surface area contributed by atoms with E-state index in [0.29, 0.717) is 6.07 Å². The monoisotopic (exact) mass is 273 g/mol. The third-order valence-corrected chi connectivity index (χ3v) is 3.43. The number of pyridine rings is 1. The molecule has 1 aromatic heterocycles. The van der Waals surface area contributed by atoms with Crippen molar-refractivity contribution >= 4 is 19.7 Å². The Morgan fingerprint density at radius 2 is 1.81 bits per heavy atom. The molecule has 0 atom stereocenters. The Balaban J connectivity index is 3.53. The summed E-state index contributed by atoms with van der Waals surface area (Å²) in [5, 5.41) is 0. The lowest BCUT2D eigenvalue weighted by Gasteiger charge is -2.11. The predicted octanol–water partition coefficient (Wildman–Crippen LogP) is 2.64. The van der Waals surface area contributed by atoms with Crippen LogP contribution in [0.2, 0.25) is 0 Å². The molecule has 16 heavy (non-hydrogen) atoms. The van der Waals surface area contributed by atoms with Crippen LogP contribution in [0, 0.1) is 13.8 Å². The van der Waals surface area contributed by atoms with Crippen molar-refractivity contribution < 1.29 is 21.6 Å². The first kappa shape index (κ1) is 13.2. The Morgan fingerprint density at radius 3 is 2.12 bits per heavy atom. The number of halogens is 4. The highest BCUT2D eigenvalue weighted by molar-refractivity contribution is 8.13. The van der Waals surface area contributed by atoms with Crippen LogP contribution in [-0.4, -0.2) is 13.4 Å². The minimum Gasteiger partial charge on any atom is -0.247 e. The molecule has 0 N–H and O–H groups in total. The average Bonchev–Trinajstić information content (AvgIpc) is 1.97. The van der Waals surface area contributed by atoms with E-state index in [1.54, 1.807) is 0 Å². The van der Waals surface area contributed by atoms with Crippen molar-refractivity contribution in [2.24, 2.45) is 0 Å². The van der Waals surface area contributed by atoms with Gasteiger partial charge in [0.25, 0.3) is 9.05 Å². The van der Waals surface area contributed by atoms with Gasteiger partial charge in [-0.15, -0.1) is 0 Å². The van der Waals surface area contributed by atoms with E-state index < -0.39 is 20.9 Å². The summed E-state index contributed by atoms with van der Waals surface area (Å²) in [6.07, 6.45) is -4.61. The van der Waals surface area contributed by atoms with Crippen LogP contribution in [0.3, 0.4) is 0 Å². The molecule has 0 aromatic carbocycles. The largest absolute Gasteiger partial charge is 0.433 e. The molecule has 0 amide bonds. The molecule has 1 aromatic rings. The number of alkyl halides is 3. The van der Waals surface area contributed by atoms with Crippen LogP contribution >= 0.6 is 10.7 Å². The zero-order valence-electron chi connectivity index (χ0n) is 8.26. The molecular formula is C8H7ClF3NO2S. The Hall–Kier alpha value is -0.820. The smallest absolute Gasteiger partial charge is 0.247 e. The molecule has 3 nitrogen and oxygen atoms in total. The first-order chi connectivity index (χ1) is 7.03. The second-order valence-corrected chi connectivity index (χ2v) is 5.68. The van der Waals surface area contributed by atoms with E-state index in [0.717, 1.165) is 6.92 Å². The van der Waals surface area contributed by atoms with Gasteiger partial charge in [-0.25, -0.2) is 13.4 Å². The maximum Gasteiger partial charge on any atom is 0.433 e. The predicted molar refractivity (Wildman–Crippen MR) is 51.8 cm³/mol. The van der Waals surface area contributed by atoms with Gasteiger partial charge in [-0.05, 0) is 25.5 Å². The maximum absolute atomic E-state index is 12.3. The normalized spacial score (nSPS) is 12.9. The van der Waals surface area contributed by atoms with E-state index in [2.05, 4.69) is 4.98 Å². The summed E-state index contributed by atoms with van der Waals surface area (Å²) in [5.41, 5.74) is -1.47. The molecule has 0 spiro atoms. The number of nitrogens with zero attached hydrogens (tertiary/aromatic N) is 1. The molecule has 0 saturated carbocycles. The molecule has 0 unspecified atom stereocenters. The summed E-state index contributed by atoms with van der Waals surface area (Å²) in [7, 11) is 1.00. The molecule has 0 bridgehead atoms. The summed E-state index contributed by atoms with van der Waals surface area (Å²) >= 11 is 0. The van der Waals surface area contributed by atoms with Crippen LogP contribution < -0.4 is 0 Å². The summed E-state index contributed by atoms with van der Waals surface area (Å²) in [5.74, 6) is 0. The number of aromatic nitrogens is 1. The molecule has 0 radical (unpaired) electrons. The number of hydrogen-bond acceptors (Lipinski definition) is 3. The lowest BCUT2D eigenvalue weighted by atomic mass is 10.2. The number of aryl methyl sites for hydroxylation is 2. The van der Waals surface area contributed by atoms with Crippen molar-refractivity contribution in [2.45, 2.75) is 24.9 Å². The zero-order valence-corrected chi connectivity index (χ0v) is 9.83. The summed E-state index contributed by atoms with van der Waals surface area (Å²) in [6, 6.07) is 0.655. The van der Waals surface area contributed by atoms with Gasteiger partial charge in [-0.1, -0.05) is 0 Å². The summed E-state index contributed by atoms with van der Waals surface area (Å²) < 4.78 is 59.2. The Bertz CT molecular complexity index is 502. The molecule has 0 aliphatic heterocycles. The van der Waals surface area contributed by atoms with Gasteiger partial charge in [0.15, 0.2) is 0 Å². The highest BCUT2D eigenvalue weighted by Crippen LogP contribution is 2.31. The molecular weight excluding hydrogens is 267 g/mol. The van der Waals surface area contributed by atoms with Crippen LogP contribution in [0.4, 0.5) is 13.2 Å². The molecule has 1 heterocycles. The van der Waals surface area contributed by atoms with Gasteiger partial charge < -0.3 is 0 Å². The van der Waals surface area contributed by atoms with Crippen LogP contribution in [0.1, 0.15) is 17.0 Å². The number of rotatable bonds is 1. The van der Waals surface area contributed by atoms with Crippen molar-refractivity contribution in [1.82, 2.24) is 4.98 Å². The fourth-order valence-electron chi connectivity index (χ4n) is 1.33. The van der Waals surface area contributed by atoms with Gasteiger partial charge in [0.05, 0.1) is 5.69 Å². The van der Waals surface area contributed by atoms with Crippen LogP contribution in [0.25, 0.3) is 0 Å². The van der Waals surface area contributed by atoms with Crippen LogP contribution in [0.5, 0.6) is 0 Å². The van der Waals surface area contributed by atoms with Crippen molar-refractivity contribution in [3.63, 3.8) is 0 Å². The van der Waals surface area contributed by atoms with Gasteiger partial charge in [0.1, 0.15) is 10.6 Å². The van der Waals surface area contributed by atoms with Crippen LogP contribution in [0.15, 0.2) is 11.0 Å². The van der Waals surface area contributed by atoms with Crippen molar-refractivity contribution in [3.8, 4) is 0 Å². The van der Waals surface area contributed by atoms with Gasteiger partial charge in [0.2, 0.25) is 0 Å². The van der Waals surface area contributed by atoms with E-state index in [1.807, 2.05) is 0 Å². The Labute approximate surface area is 94.7 Å². The van der Waals surface area contributed by atoms with E-state index in [4.69, 9.17) is 10.7 Å². The first-order valence-corrected chi connectivity index (χ1v) is 6.34. The first-order valence-electron chi connectivity index (χ1n) is 4.03. The molecule has 90 valence electrons. The van der Waals surface area contributed by atoms with Gasteiger partial charge in [-0.2, -0.15) is 13.2 Å². The fourth-order valence-corrected chi connectivity index (χ4v) is 2.88. The molecule has 0 fully saturated rings. The Kier molecular flexibility index (Phi) is 3.22. The summed E-state index contributed by atoms with van der Waals surface area (Å²) in [4.78, 5) is 2.81. The second-order valence-electron chi connectivity index (χ2n) is 3.17. The molecule has 0 aliphatic carbocycles. The molecule has 0 aliphatic rings. The van der Waals surface area contributed by atoms with E-state index in [9.17, 15) is 21.6 Å². The highest BCUT2D eigenvalue weighted by Gasteiger charge is 2.34. The third kappa shape index (κ3) is 2.65. The molecule has 0 saturated heterocycles. The summed E-state index contributed by atoms with van der Waals surface area (Å²) in [6.45, 7) is 2.40. The Morgan fingerprint density at radius 1 is 1.31 bits per heavy atom. The zero-order chi connectivity index (χ0) is 12.7. The molecule has 1 rings (SSSR count). The standard InChI is InChI=1S/C8H7ClF3NO2S/c1-4-3-6(8(10,11)12)13-5(2)7(4)16(9,14)15/h3H,1-2H3. The lowest BCUT2D eigenvalue weighted by molar-refractivity contribution is -0.141. The van der Waals surface area contributed by atoms with Gasteiger partial charge >= 0.3 is 6.18 Å². The van der Waals surface area contributed by atoms with E-state index >= 15 is 0 Å². The maximum atomic E-state index is 12.3. The van der Waals surface area contributed by atoms with Gasteiger partial charge in [0, 0.05) is 10.7 Å². The van der Waals surface area contributed by atoms with Crippen molar-refractivity contribution in [1.29, 1.82) is 0 Å². The minimum atomic E-state index is -4.61. The highest BCUT2D eigenvalue weighted by atomic mass is 35.7. The van der Waals surface area contributed by atoms with Gasteiger partial charge in [-0.3, -0.25) is 0 Å². The second kappa shape index (κ2) is 3.89. The fraction of sp³-hybridized carbons (Fsp3) is 0.375. The third-order valence-electron chi connectivity index (χ3n) is 1.86. The average molecular weight is 274 g/mol.